The average Bonchev–Trinajstić information content (AvgIpc) is 2.92. The van der Waals surface area contributed by atoms with E-state index in [1.165, 1.54) is 0 Å². The number of nitrogens with one attached hydrogen (secondary N) is 1. The lowest BCUT2D eigenvalue weighted by atomic mass is 9.93. The van der Waals surface area contributed by atoms with Crippen LogP contribution in [0.2, 0.25) is 0 Å². The minimum atomic E-state index is -0.697. The molecule has 5 N–H and O–H groups in total. The number of anilines is 2. The summed E-state index contributed by atoms with van der Waals surface area (Å²) >= 11 is 0. The van der Waals surface area contributed by atoms with E-state index in [4.69, 9.17) is 5.73 Å². The number of nitrogen functional groups attached to an aromatic ring is 1. The number of benzene rings is 3. The van der Waals surface area contributed by atoms with Gasteiger partial charge in [-0.3, -0.25) is 4.79 Å². The number of rotatable bonds is 11. The summed E-state index contributed by atoms with van der Waals surface area (Å²) in [4.78, 5) is 19.3. The highest BCUT2D eigenvalue weighted by atomic mass is 16.3. The molecule has 0 unspecified atom stereocenters. The van der Waals surface area contributed by atoms with Crippen molar-refractivity contribution in [1.29, 1.82) is 0 Å². The van der Waals surface area contributed by atoms with Crippen molar-refractivity contribution >= 4 is 17.4 Å². The van der Waals surface area contributed by atoms with Crippen molar-refractivity contribution in [2.24, 2.45) is 0 Å². The Bertz CT molecular complexity index is 1360. The number of nitrogens with zero attached hydrogens (tertiary/aromatic N) is 2. The van der Waals surface area contributed by atoms with Gasteiger partial charge in [-0.2, -0.15) is 0 Å². The van der Waals surface area contributed by atoms with Crippen molar-refractivity contribution in [2.75, 3.05) is 17.2 Å². The molecule has 1 atom stereocenters. The number of hydrogen-bond acceptors (Lipinski definition) is 6. The summed E-state index contributed by atoms with van der Waals surface area (Å²) in [6.45, 7) is 4.99. The van der Waals surface area contributed by atoms with Gasteiger partial charge in [-0.05, 0) is 67.3 Å². The number of aromatic nitrogens is 1. The maximum atomic E-state index is 13.5. The predicted molar refractivity (Wildman–Crippen MR) is 155 cm³/mol. The molecule has 7 nitrogen and oxygen atoms in total. The second-order valence-electron chi connectivity index (χ2n) is 10.5. The first kappa shape index (κ1) is 27.8. The Labute approximate surface area is 230 Å². The van der Waals surface area contributed by atoms with Crippen molar-refractivity contribution in [2.45, 2.75) is 44.9 Å². The molecule has 0 saturated carbocycles. The third-order valence-corrected chi connectivity index (χ3v) is 6.61. The lowest BCUT2D eigenvalue weighted by Crippen LogP contribution is -2.43. The molecule has 4 aromatic rings. The Morgan fingerprint density at radius 1 is 0.949 bits per heavy atom. The van der Waals surface area contributed by atoms with Crippen molar-refractivity contribution in [3.05, 3.63) is 119 Å². The molecule has 1 amide bonds. The van der Waals surface area contributed by atoms with Gasteiger partial charge in [0.15, 0.2) is 0 Å². The number of aromatic hydroxyl groups is 1. The molecule has 0 radical (unpaired) electrons. The summed E-state index contributed by atoms with van der Waals surface area (Å²) in [5, 5.41) is 23.7. The van der Waals surface area contributed by atoms with Crippen LogP contribution in [0.25, 0.3) is 0 Å². The van der Waals surface area contributed by atoms with Crippen LogP contribution in [0, 0.1) is 0 Å². The molecule has 7 heteroatoms. The Hall–Kier alpha value is -4.20. The van der Waals surface area contributed by atoms with E-state index in [1.807, 2.05) is 42.5 Å². The number of carbonyl (C=O) groups excluding carboxylic acids is 1. The zero-order chi connectivity index (χ0) is 27.8. The van der Waals surface area contributed by atoms with Gasteiger partial charge < -0.3 is 26.2 Å². The molecule has 202 valence electrons. The number of aliphatic hydroxyl groups is 1. The number of β-amino-alcohol motifs (C(OH)–C–C–N with tert-alkyl or cyclic N) is 1. The molecule has 39 heavy (non-hydrogen) atoms. The molecule has 0 spiro atoms. The van der Waals surface area contributed by atoms with Gasteiger partial charge in [-0.25, -0.2) is 4.98 Å². The number of carbonyl (C=O) groups is 1. The Morgan fingerprint density at radius 2 is 1.64 bits per heavy atom. The van der Waals surface area contributed by atoms with Gasteiger partial charge in [0.2, 0.25) is 5.91 Å². The maximum Gasteiger partial charge on any atom is 0.231 e. The molecule has 0 aliphatic carbocycles. The van der Waals surface area contributed by atoms with Crippen LogP contribution < -0.4 is 16.0 Å². The summed E-state index contributed by atoms with van der Waals surface area (Å²) in [6.07, 6.45) is 1.86. The van der Waals surface area contributed by atoms with Gasteiger partial charge >= 0.3 is 0 Å². The van der Waals surface area contributed by atoms with Crippen LogP contribution in [-0.4, -0.2) is 33.2 Å². The topological polar surface area (TPSA) is 112 Å². The van der Waals surface area contributed by atoms with Crippen LogP contribution in [0.3, 0.4) is 0 Å². The molecule has 0 fully saturated rings. The molecule has 1 aromatic heterocycles. The number of pyridine rings is 1. The van der Waals surface area contributed by atoms with Gasteiger partial charge in [-0.15, -0.1) is 0 Å². The van der Waals surface area contributed by atoms with Crippen molar-refractivity contribution in [3.8, 4) is 5.75 Å². The Kier molecular flexibility index (Phi) is 8.96. The first-order valence-corrected chi connectivity index (χ1v) is 13.0. The van der Waals surface area contributed by atoms with Crippen LogP contribution in [0.5, 0.6) is 5.75 Å². The van der Waals surface area contributed by atoms with Gasteiger partial charge in [0, 0.05) is 29.5 Å². The van der Waals surface area contributed by atoms with Crippen molar-refractivity contribution in [1.82, 2.24) is 10.3 Å². The summed E-state index contributed by atoms with van der Waals surface area (Å²) in [5.74, 6) is 0.551. The first-order chi connectivity index (χ1) is 18.7. The highest BCUT2D eigenvalue weighted by Gasteiger charge is 2.21. The van der Waals surface area contributed by atoms with E-state index in [0.29, 0.717) is 30.9 Å². The van der Waals surface area contributed by atoms with Crippen LogP contribution in [0.4, 0.5) is 11.5 Å². The highest BCUT2D eigenvalue weighted by molar-refractivity contribution is 5.94. The average molecular weight is 525 g/mol. The molecular formula is C32H36N4O3. The van der Waals surface area contributed by atoms with Crippen LogP contribution >= 0.6 is 0 Å². The zero-order valence-electron chi connectivity index (χ0n) is 22.4. The van der Waals surface area contributed by atoms with E-state index >= 15 is 0 Å². The third-order valence-electron chi connectivity index (χ3n) is 6.61. The maximum absolute atomic E-state index is 13.5. The summed E-state index contributed by atoms with van der Waals surface area (Å²) in [5.41, 5.74) is 9.84. The number of hydrogen-bond donors (Lipinski definition) is 4. The fourth-order valence-electron chi connectivity index (χ4n) is 4.52. The fourth-order valence-corrected chi connectivity index (χ4v) is 4.52. The summed E-state index contributed by atoms with van der Waals surface area (Å²) < 4.78 is 0. The molecule has 0 aliphatic rings. The molecular weight excluding hydrogens is 488 g/mol. The van der Waals surface area contributed by atoms with Gasteiger partial charge in [0.05, 0.1) is 19.1 Å². The zero-order valence-corrected chi connectivity index (χ0v) is 22.4. The minimum Gasteiger partial charge on any atom is -0.508 e. The van der Waals surface area contributed by atoms with Gasteiger partial charge in [-0.1, -0.05) is 60.7 Å². The monoisotopic (exact) mass is 524 g/mol. The van der Waals surface area contributed by atoms with Crippen LogP contribution in [0.15, 0.2) is 97.2 Å². The number of amides is 1. The number of phenolic OH excluding ortho intramolecular Hbond substituents is 1. The Morgan fingerprint density at radius 3 is 2.33 bits per heavy atom. The molecule has 1 heterocycles. The van der Waals surface area contributed by atoms with Crippen molar-refractivity contribution < 1.29 is 15.0 Å². The number of phenols is 1. The largest absolute Gasteiger partial charge is 0.508 e. The van der Waals surface area contributed by atoms with E-state index in [2.05, 4.69) is 36.3 Å². The van der Waals surface area contributed by atoms with Gasteiger partial charge in [0.25, 0.3) is 0 Å². The lowest BCUT2D eigenvalue weighted by Gasteiger charge is -2.28. The molecule has 3 aromatic carbocycles. The standard InChI is InChI=1S/C32H36N4O3/c1-32(2,35-21-29(38)26-11-16-30(33)34-20-26)19-25-10-6-9-24(17-25)18-31(39)36(22-23-7-4-3-5-8-23)27-12-14-28(37)15-13-27/h3-17,20,29,35,37-38H,18-19,21-22H2,1-2H3,(H2,33,34)/t29-/m0/s1. The second kappa shape index (κ2) is 12.6. The van der Waals surface area contributed by atoms with Crippen LogP contribution in [0.1, 0.15) is 42.2 Å². The molecule has 4 rings (SSSR count). The van der Waals surface area contributed by atoms with Crippen molar-refractivity contribution in [3.63, 3.8) is 0 Å². The van der Waals surface area contributed by atoms with E-state index < -0.39 is 6.10 Å². The third kappa shape index (κ3) is 8.14. The second-order valence-corrected chi connectivity index (χ2v) is 10.5. The SMILES string of the molecule is CC(C)(Cc1cccc(CC(=O)N(Cc2ccccc2)c2ccc(O)cc2)c1)NC[C@H](O)c1ccc(N)nc1. The Balaban J connectivity index is 1.42. The van der Waals surface area contributed by atoms with E-state index in [9.17, 15) is 15.0 Å². The smallest absolute Gasteiger partial charge is 0.231 e. The summed E-state index contributed by atoms with van der Waals surface area (Å²) in [6, 6.07) is 28.1. The highest BCUT2D eigenvalue weighted by Crippen LogP contribution is 2.23. The van der Waals surface area contributed by atoms with E-state index in [-0.39, 0.29) is 23.6 Å². The lowest BCUT2D eigenvalue weighted by molar-refractivity contribution is -0.118. The fraction of sp³-hybridized carbons (Fsp3) is 0.250. The molecule has 0 bridgehead atoms. The normalized spacial score (nSPS) is 12.2. The quantitative estimate of drug-likeness (QED) is 0.225. The molecule has 0 saturated heterocycles. The molecule has 0 aliphatic heterocycles. The number of nitrogens with two attached hydrogens (primary N) is 1. The van der Waals surface area contributed by atoms with Crippen LogP contribution in [-0.2, 0) is 24.2 Å². The minimum absolute atomic E-state index is 0.0284. The first-order valence-electron chi connectivity index (χ1n) is 13.0. The van der Waals surface area contributed by atoms with E-state index in [0.717, 1.165) is 22.4 Å². The number of aliphatic hydroxyl groups excluding tert-OH is 1. The van der Waals surface area contributed by atoms with Gasteiger partial charge in [0.1, 0.15) is 11.6 Å². The predicted octanol–water partition coefficient (Wildman–Crippen LogP) is 4.79. The van der Waals surface area contributed by atoms with E-state index in [1.54, 1.807) is 47.5 Å². The summed E-state index contributed by atoms with van der Waals surface area (Å²) in [7, 11) is 0.